The van der Waals surface area contributed by atoms with Gasteiger partial charge in [0.1, 0.15) is 0 Å². The van der Waals surface area contributed by atoms with E-state index >= 15 is 0 Å². The van der Waals surface area contributed by atoms with Gasteiger partial charge in [0.25, 0.3) is 0 Å². The summed E-state index contributed by atoms with van der Waals surface area (Å²) < 4.78 is 0. The first-order valence-electron chi connectivity index (χ1n) is 9.87. The van der Waals surface area contributed by atoms with E-state index in [1.54, 1.807) is 0 Å². The Balaban J connectivity index is 1.37. The Hall–Kier alpha value is -2.37. The predicted octanol–water partition coefficient (Wildman–Crippen LogP) is 3.17. The van der Waals surface area contributed by atoms with Gasteiger partial charge in [0, 0.05) is 44.5 Å². The zero-order valence-corrected chi connectivity index (χ0v) is 15.9. The van der Waals surface area contributed by atoms with Crippen LogP contribution in [0.1, 0.15) is 12.0 Å². The molecule has 0 unspecified atom stereocenters. The van der Waals surface area contributed by atoms with Gasteiger partial charge in [-0.1, -0.05) is 36.4 Å². The van der Waals surface area contributed by atoms with E-state index < -0.39 is 0 Å². The molecule has 2 aliphatic heterocycles. The van der Waals surface area contributed by atoms with Crippen molar-refractivity contribution in [2.45, 2.75) is 19.4 Å². The van der Waals surface area contributed by atoms with Gasteiger partial charge in [0.15, 0.2) is 0 Å². The van der Waals surface area contributed by atoms with E-state index in [9.17, 15) is 4.79 Å². The van der Waals surface area contributed by atoms with Crippen molar-refractivity contribution in [3.8, 4) is 11.1 Å². The molecule has 0 spiro atoms. The number of rotatable bonds is 3. The Morgan fingerprint density at radius 2 is 1.89 bits per heavy atom. The summed E-state index contributed by atoms with van der Waals surface area (Å²) in [7, 11) is 0. The summed E-state index contributed by atoms with van der Waals surface area (Å²) in [5, 5.41) is 6.51. The molecule has 4 rings (SSSR count). The molecule has 2 N–H and O–H groups in total. The van der Waals surface area contributed by atoms with Gasteiger partial charge < -0.3 is 15.5 Å². The summed E-state index contributed by atoms with van der Waals surface area (Å²) in [6.45, 7) is 7.81. The maximum atomic E-state index is 12.7. The number of nitrogens with one attached hydrogen (secondary N) is 2. The molecule has 2 aromatic carbocycles. The minimum atomic E-state index is 0.00105. The van der Waals surface area contributed by atoms with Crippen molar-refractivity contribution < 1.29 is 4.79 Å². The molecular formula is C22H28N4O. The van der Waals surface area contributed by atoms with Crippen LogP contribution in [-0.2, 0) is 0 Å². The molecule has 2 fully saturated rings. The van der Waals surface area contributed by atoms with Crippen molar-refractivity contribution in [3.05, 3.63) is 54.1 Å². The van der Waals surface area contributed by atoms with Gasteiger partial charge in [-0.3, -0.25) is 4.90 Å². The molecule has 0 bridgehead atoms. The van der Waals surface area contributed by atoms with Crippen LogP contribution in [0.25, 0.3) is 11.1 Å². The van der Waals surface area contributed by atoms with Gasteiger partial charge in [-0.05, 0) is 48.7 Å². The lowest BCUT2D eigenvalue weighted by atomic mass is 10.0. The molecule has 2 aliphatic rings. The molecule has 5 nitrogen and oxygen atoms in total. The van der Waals surface area contributed by atoms with Gasteiger partial charge in [0.05, 0.1) is 0 Å². The third-order valence-corrected chi connectivity index (χ3v) is 5.72. The van der Waals surface area contributed by atoms with Crippen molar-refractivity contribution >= 4 is 11.7 Å². The normalized spacial score (nSPS) is 20.6. The van der Waals surface area contributed by atoms with Crippen molar-refractivity contribution in [3.63, 3.8) is 0 Å². The van der Waals surface area contributed by atoms with E-state index in [1.165, 1.54) is 17.5 Å². The molecule has 2 aromatic rings. The molecule has 0 saturated carbocycles. The van der Waals surface area contributed by atoms with Crippen LogP contribution in [0.15, 0.2) is 48.5 Å². The molecule has 0 aromatic heterocycles. The lowest BCUT2D eigenvalue weighted by Crippen LogP contribution is -2.53. The van der Waals surface area contributed by atoms with Crippen LogP contribution >= 0.6 is 0 Å². The number of carbonyl (C=O) groups excluding carboxylic acids is 1. The number of aryl methyl sites for hydroxylation is 1. The van der Waals surface area contributed by atoms with Crippen molar-refractivity contribution in [2.75, 3.05) is 44.6 Å². The highest BCUT2D eigenvalue weighted by Crippen LogP contribution is 2.25. The molecule has 2 heterocycles. The fourth-order valence-corrected chi connectivity index (χ4v) is 4.11. The zero-order chi connectivity index (χ0) is 18.6. The molecule has 0 radical (unpaired) electrons. The average Bonchev–Trinajstić information content (AvgIpc) is 3.23. The Labute approximate surface area is 161 Å². The van der Waals surface area contributed by atoms with Crippen LogP contribution in [-0.4, -0.2) is 61.1 Å². The van der Waals surface area contributed by atoms with Gasteiger partial charge in [0.2, 0.25) is 0 Å². The second-order valence-corrected chi connectivity index (χ2v) is 7.50. The molecule has 142 valence electrons. The largest absolute Gasteiger partial charge is 0.322 e. The standard InChI is InChI=1S/C22H28N4O/c1-17-5-2-3-8-21(17)18-6-4-7-19(15-18)24-22(27)26-13-11-25(12-14-26)20-9-10-23-16-20/h2-8,15,20,23H,9-14,16H2,1H3,(H,24,27)/t20-/m0/s1. The number of amides is 2. The highest BCUT2D eigenvalue weighted by atomic mass is 16.2. The quantitative estimate of drug-likeness (QED) is 0.879. The topological polar surface area (TPSA) is 47.6 Å². The van der Waals surface area contributed by atoms with E-state index in [1.807, 2.05) is 29.2 Å². The van der Waals surface area contributed by atoms with E-state index in [2.05, 4.69) is 46.7 Å². The minimum Gasteiger partial charge on any atom is -0.322 e. The molecule has 2 saturated heterocycles. The first kappa shape index (κ1) is 18.0. The summed E-state index contributed by atoms with van der Waals surface area (Å²) >= 11 is 0. The van der Waals surface area contributed by atoms with E-state index in [0.717, 1.165) is 50.5 Å². The van der Waals surface area contributed by atoms with Crippen LogP contribution < -0.4 is 10.6 Å². The highest BCUT2D eigenvalue weighted by molar-refractivity contribution is 5.90. The smallest absolute Gasteiger partial charge is 0.321 e. The van der Waals surface area contributed by atoms with Crippen molar-refractivity contribution in [1.29, 1.82) is 0 Å². The highest BCUT2D eigenvalue weighted by Gasteiger charge is 2.27. The second-order valence-electron chi connectivity index (χ2n) is 7.50. The van der Waals surface area contributed by atoms with Crippen LogP contribution in [0.4, 0.5) is 10.5 Å². The number of nitrogens with zero attached hydrogens (tertiary/aromatic N) is 2. The maximum Gasteiger partial charge on any atom is 0.321 e. The number of carbonyl (C=O) groups is 1. The number of piperazine rings is 1. The average molecular weight is 364 g/mol. The Morgan fingerprint density at radius 1 is 1.07 bits per heavy atom. The molecule has 5 heteroatoms. The summed E-state index contributed by atoms with van der Waals surface area (Å²) in [5.41, 5.74) is 4.42. The van der Waals surface area contributed by atoms with E-state index in [0.29, 0.717) is 6.04 Å². The van der Waals surface area contributed by atoms with Gasteiger partial charge in [-0.2, -0.15) is 0 Å². The van der Waals surface area contributed by atoms with Crippen molar-refractivity contribution in [2.24, 2.45) is 0 Å². The fourth-order valence-electron chi connectivity index (χ4n) is 4.11. The lowest BCUT2D eigenvalue weighted by Gasteiger charge is -2.37. The zero-order valence-electron chi connectivity index (χ0n) is 15.9. The van der Waals surface area contributed by atoms with Gasteiger partial charge >= 0.3 is 6.03 Å². The number of anilines is 1. The Kier molecular flexibility index (Phi) is 5.41. The lowest BCUT2D eigenvalue weighted by molar-refractivity contribution is 0.119. The monoisotopic (exact) mass is 364 g/mol. The first-order valence-corrected chi connectivity index (χ1v) is 9.87. The number of hydrogen-bond acceptors (Lipinski definition) is 3. The third-order valence-electron chi connectivity index (χ3n) is 5.72. The van der Waals surface area contributed by atoms with Crippen LogP contribution in [0.3, 0.4) is 0 Å². The Morgan fingerprint density at radius 3 is 2.63 bits per heavy atom. The minimum absolute atomic E-state index is 0.00105. The number of hydrogen-bond donors (Lipinski definition) is 2. The summed E-state index contributed by atoms with van der Waals surface area (Å²) in [6.07, 6.45) is 1.22. The second kappa shape index (κ2) is 8.11. The van der Waals surface area contributed by atoms with E-state index in [4.69, 9.17) is 0 Å². The maximum absolute atomic E-state index is 12.7. The first-order chi connectivity index (χ1) is 13.2. The number of urea groups is 1. The SMILES string of the molecule is Cc1ccccc1-c1cccc(NC(=O)N2CCN([C@H]3CCNC3)CC2)c1. The van der Waals surface area contributed by atoms with Crippen LogP contribution in [0.2, 0.25) is 0 Å². The summed E-state index contributed by atoms with van der Waals surface area (Å²) in [6, 6.07) is 17.1. The fraction of sp³-hybridized carbons (Fsp3) is 0.409. The molecule has 0 aliphatic carbocycles. The third kappa shape index (κ3) is 4.15. The van der Waals surface area contributed by atoms with Crippen LogP contribution in [0, 0.1) is 6.92 Å². The number of benzene rings is 2. The Bertz CT molecular complexity index is 792. The van der Waals surface area contributed by atoms with Crippen molar-refractivity contribution in [1.82, 2.24) is 15.1 Å². The molecule has 2 amide bonds. The van der Waals surface area contributed by atoms with Gasteiger partial charge in [-0.15, -0.1) is 0 Å². The summed E-state index contributed by atoms with van der Waals surface area (Å²) in [4.78, 5) is 17.1. The van der Waals surface area contributed by atoms with E-state index in [-0.39, 0.29) is 6.03 Å². The molecular weight excluding hydrogens is 336 g/mol. The molecule has 1 atom stereocenters. The van der Waals surface area contributed by atoms with Gasteiger partial charge in [-0.25, -0.2) is 4.79 Å². The summed E-state index contributed by atoms with van der Waals surface area (Å²) in [5.74, 6) is 0. The molecule has 27 heavy (non-hydrogen) atoms. The van der Waals surface area contributed by atoms with Crippen LogP contribution in [0.5, 0.6) is 0 Å². The predicted molar refractivity (Wildman–Crippen MR) is 110 cm³/mol.